The van der Waals surface area contributed by atoms with Crippen LogP contribution in [0.25, 0.3) is 11.1 Å². The average molecular weight is 531 g/mol. The van der Waals surface area contributed by atoms with E-state index in [2.05, 4.69) is 5.32 Å². The van der Waals surface area contributed by atoms with Crippen molar-refractivity contribution < 1.29 is 42.5 Å². The van der Waals surface area contributed by atoms with Crippen LogP contribution < -0.4 is 15.8 Å². The second-order valence-corrected chi connectivity index (χ2v) is 7.77. The highest BCUT2D eigenvalue weighted by atomic mass is 19.4. The van der Waals surface area contributed by atoms with Crippen molar-refractivity contribution in [3.8, 4) is 16.9 Å². The SMILES string of the molecule is N=C(N)c1cccc(OC[C@@H](CC(=O)O)NC(=O)c2ccc(-c3ccccc3)cc2)c1.O=C(O)C(F)(F)F. The lowest BCUT2D eigenvalue weighted by Crippen LogP contribution is -2.40. The Morgan fingerprint density at radius 1 is 0.895 bits per heavy atom. The van der Waals surface area contributed by atoms with Gasteiger partial charge in [0.1, 0.15) is 18.2 Å². The summed E-state index contributed by atoms with van der Waals surface area (Å²) in [5, 5.41) is 26.5. The zero-order valence-corrected chi connectivity index (χ0v) is 19.7. The largest absolute Gasteiger partial charge is 0.491 e. The predicted molar refractivity (Wildman–Crippen MR) is 132 cm³/mol. The molecule has 0 aromatic heterocycles. The number of carboxylic acid groups (broad SMARTS) is 2. The highest BCUT2D eigenvalue weighted by Crippen LogP contribution is 2.19. The Morgan fingerprint density at radius 2 is 1.47 bits per heavy atom. The van der Waals surface area contributed by atoms with E-state index < -0.39 is 24.2 Å². The fourth-order valence-corrected chi connectivity index (χ4v) is 3.03. The molecule has 3 aromatic carbocycles. The Labute approximate surface area is 215 Å². The first-order valence-corrected chi connectivity index (χ1v) is 10.9. The van der Waals surface area contributed by atoms with E-state index in [9.17, 15) is 27.9 Å². The molecular weight excluding hydrogens is 507 g/mol. The van der Waals surface area contributed by atoms with Crippen molar-refractivity contribution in [3.63, 3.8) is 0 Å². The highest BCUT2D eigenvalue weighted by Gasteiger charge is 2.38. The van der Waals surface area contributed by atoms with E-state index in [0.29, 0.717) is 16.9 Å². The number of rotatable bonds is 9. The molecule has 0 spiro atoms. The molecule has 0 bridgehead atoms. The van der Waals surface area contributed by atoms with Crippen molar-refractivity contribution in [1.82, 2.24) is 5.32 Å². The number of halogens is 3. The lowest BCUT2D eigenvalue weighted by atomic mass is 10.0. The molecule has 0 fully saturated rings. The Bertz CT molecular complexity index is 1270. The van der Waals surface area contributed by atoms with Crippen LogP contribution in [-0.2, 0) is 9.59 Å². The molecule has 0 aliphatic rings. The molecule has 0 saturated carbocycles. The van der Waals surface area contributed by atoms with E-state index >= 15 is 0 Å². The molecule has 6 N–H and O–H groups in total. The molecule has 9 nitrogen and oxygen atoms in total. The monoisotopic (exact) mass is 531 g/mol. The predicted octanol–water partition coefficient (Wildman–Crippen LogP) is 3.92. The van der Waals surface area contributed by atoms with Crippen LogP contribution in [0, 0.1) is 5.41 Å². The minimum atomic E-state index is -5.08. The van der Waals surface area contributed by atoms with E-state index in [1.54, 1.807) is 36.4 Å². The van der Waals surface area contributed by atoms with E-state index in [1.807, 2.05) is 42.5 Å². The smallest absolute Gasteiger partial charge is 0.490 e. The summed E-state index contributed by atoms with van der Waals surface area (Å²) in [6, 6.07) is 22.8. The van der Waals surface area contributed by atoms with E-state index in [0.717, 1.165) is 11.1 Å². The number of amides is 1. The van der Waals surface area contributed by atoms with Gasteiger partial charge in [0.25, 0.3) is 5.91 Å². The molecule has 12 heteroatoms. The zero-order chi connectivity index (χ0) is 28.3. The lowest BCUT2D eigenvalue weighted by molar-refractivity contribution is -0.192. The molecular formula is C26H24F3N3O6. The van der Waals surface area contributed by atoms with Gasteiger partial charge in [0.2, 0.25) is 0 Å². The minimum Gasteiger partial charge on any atom is -0.491 e. The summed E-state index contributed by atoms with van der Waals surface area (Å²) in [7, 11) is 0. The molecule has 0 unspecified atom stereocenters. The maximum atomic E-state index is 12.6. The van der Waals surface area contributed by atoms with Gasteiger partial charge in [0.05, 0.1) is 12.5 Å². The number of amidine groups is 1. The summed E-state index contributed by atoms with van der Waals surface area (Å²) >= 11 is 0. The number of nitrogen functional groups attached to an aromatic ring is 1. The van der Waals surface area contributed by atoms with Crippen molar-refractivity contribution in [2.75, 3.05) is 6.61 Å². The van der Waals surface area contributed by atoms with Crippen molar-refractivity contribution in [2.24, 2.45) is 5.73 Å². The van der Waals surface area contributed by atoms with E-state index in [4.69, 9.17) is 25.8 Å². The molecule has 0 aliphatic carbocycles. The van der Waals surface area contributed by atoms with Crippen LogP contribution in [0.4, 0.5) is 13.2 Å². The van der Waals surface area contributed by atoms with Crippen LogP contribution in [0.15, 0.2) is 78.9 Å². The van der Waals surface area contributed by atoms with Crippen molar-refractivity contribution >= 4 is 23.7 Å². The molecule has 38 heavy (non-hydrogen) atoms. The highest BCUT2D eigenvalue weighted by molar-refractivity contribution is 5.95. The third-order valence-electron chi connectivity index (χ3n) is 4.85. The second kappa shape index (κ2) is 13.4. The molecule has 0 heterocycles. The number of aliphatic carboxylic acids is 2. The number of carboxylic acids is 2. The molecule has 0 radical (unpaired) electrons. The number of hydrogen-bond donors (Lipinski definition) is 5. The molecule has 1 atom stereocenters. The molecule has 3 aromatic rings. The van der Waals surface area contributed by atoms with Gasteiger partial charge in [-0.25, -0.2) is 4.79 Å². The molecule has 0 aliphatic heterocycles. The first-order chi connectivity index (χ1) is 17.9. The first kappa shape index (κ1) is 29.4. The maximum Gasteiger partial charge on any atom is 0.490 e. The minimum absolute atomic E-state index is 0.0402. The second-order valence-electron chi connectivity index (χ2n) is 7.77. The number of hydrogen-bond acceptors (Lipinski definition) is 5. The van der Waals surface area contributed by atoms with Crippen molar-refractivity contribution in [3.05, 3.63) is 90.0 Å². The van der Waals surface area contributed by atoms with Crippen molar-refractivity contribution in [1.29, 1.82) is 5.41 Å². The molecule has 200 valence electrons. The quantitative estimate of drug-likeness (QED) is 0.206. The molecule has 0 saturated heterocycles. The van der Waals surface area contributed by atoms with Crippen LogP contribution in [-0.4, -0.2) is 52.7 Å². The van der Waals surface area contributed by atoms with Gasteiger partial charge in [0.15, 0.2) is 0 Å². The number of benzene rings is 3. The van der Waals surface area contributed by atoms with Gasteiger partial charge in [-0.1, -0.05) is 54.6 Å². The summed E-state index contributed by atoms with van der Waals surface area (Å²) in [5.74, 6) is -3.85. The third kappa shape index (κ3) is 9.64. The van der Waals surface area contributed by atoms with Gasteiger partial charge in [-0.2, -0.15) is 13.2 Å². The van der Waals surface area contributed by atoms with Gasteiger partial charge < -0.3 is 26.0 Å². The van der Waals surface area contributed by atoms with Crippen LogP contribution >= 0.6 is 0 Å². The van der Waals surface area contributed by atoms with Gasteiger partial charge in [0, 0.05) is 11.1 Å². The number of alkyl halides is 3. The number of nitrogens with two attached hydrogens (primary N) is 1. The Kier molecular flexibility index (Phi) is 10.4. The summed E-state index contributed by atoms with van der Waals surface area (Å²) in [6.45, 7) is -0.0402. The van der Waals surface area contributed by atoms with Crippen LogP contribution in [0.3, 0.4) is 0 Å². The zero-order valence-electron chi connectivity index (χ0n) is 19.7. The topological polar surface area (TPSA) is 163 Å². The van der Waals surface area contributed by atoms with Gasteiger partial charge >= 0.3 is 18.1 Å². The average Bonchev–Trinajstić information content (AvgIpc) is 2.87. The third-order valence-corrected chi connectivity index (χ3v) is 4.85. The molecule has 1 amide bonds. The fourth-order valence-electron chi connectivity index (χ4n) is 3.03. The Morgan fingerprint density at radius 3 is 2.00 bits per heavy atom. The number of ether oxygens (including phenoxy) is 1. The van der Waals surface area contributed by atoms with E-state index in [-0.39, 0.29) is 24.8 Å². The molecule has 3 rings (SSSR count). The number of carbonyl (C=O) groups excluding carboxylic acids is 1. The first-order valence-electron chi connectivity index (χ1n) is 10.9. The van der Waals surface area contributed by atoms with Crippen LogP contribution in [0.5, 0.6) is 5.75 Å². The van der Waals surface area contributed by atoms with Gasteiger partial charge in [-0.05, 0) is 35.4 Å². The summed E-state index contributed by atoms with van der Waals surface area (Å²) in [6.07, 6.45) is -5.37. The summed E-state index contributed by atoms with van der Waals surface area (Å²) in [5.41, 5.74) is 8.42. The Hall–Kier alpha value is -4.87. The number of nitrogens with one attached hydrogen (secondary N) is 2. The number of carbonyl (C=O) groups is 3. The Balaban J connectivity index is 0.000000638. The maximum absolute atomic E-state index is 12.6. The summed E-state index contributed by atoms with van der Waals surface area (Å²) < 4.78 is 37.4. The normalized spacial score (nSPS) is 11.3. The summed E-state index contributed by atoms with van der Waals surface area (Å²) in [4.78, 5) is 32.8. The lowest BCUT2D eigenvalue weighted by Gasteiger charge is -2.18. The fraction of sp³-hybridized carbons (Fsp3) is 0.154. The van der Waals surface area contributed by atoms with Crippen LogP contribution in [0.1, 0.15) is 22.3 Å². The van der Waals surface area contributed by atoms with E-state index in [1.165, 1.54) is 0 Å². The standard InChI is InChI=1S/C24H23N3O4.C2HF3O2/c25-23(26)19-7-4-8-21(13-19)31-15-20(14-22(28)29)27-24(30)18-11-9-17(10-12-18)16-5-2-1-3-6-16;3-2(4,5)1(6)7/h1-13,20H,14-15H2,(H3,25,26)(H,27,30)(H,28,29);(H,6,7)/t20-;/m1./s1. The van der Waals surface area contributed by atoms with Gasteiger partial charge in [-0.3, -0.25) is 15.0 Å². The van der Waals surface area contributed by atoms with Crippen molar-refractivity contribution in [2.45, 2.75) is 18.6 Å². The van der Waals surface area contributed by atoms with Crippen LogP contribution in [0.2, 0.25) is 0 Å². The van der Waals surface area contributed by atoms with Gasteiger partial charge in [-0.15, -0.1) is 0 Å².